The van der Waals surface area contributed by atoms with Crippen LogP contribution in [0.3, 0.4) is 0 Å². The lowest BCUT2D eigenvalue weighted by atomic mass is 10.0. The number of hydrogen-bond acceptors (Lipinski definition) is 7. The van der Waals surface area contributed by atoms with Crippen LogP contribution in [-0.2, 0) is 30.9 Å². The molecule has 2 aromatic rings. The van der Waals surface area contributed by atoms with E-state index in [9.17, 15) is 13.0 Å². The van der Waals surface area contributed by atoms with Crippen LogP contribution in [0.2, 0.25) is 0 Å². The summed E-state index contributed by atoms with van der Waals surface area (Å²) in [5.41, 5.74) is 3.10. The van der Waals surface area contributed by atoms with Crippen LogP contribution in [0.15, 0.2) is 46.2 Å². The standard InChI is InChI=1S/C29H54NO3S.C7H8O3S/c1-2-3-4-5-6-7-8-9-10-11-12-13-14-15-17-20-29-32-26-28(33-29)25-31-23-19-16-18-21-30-22-24-34-27-30;1-6-2-4-7(5-3-6)11(8,9)10/h22,24,27-29H,2-21,23,25-26H2,1H3;2-5H,1H3,(H,8,9,10)/q+1;/p-1. The van der Waals surface area contributed by atoms with Crippen LogP contribution in [-0.4, -0.2) is 45.2 Å². The maximum absolute atomic E-state index is 10.4. The maximum atomic E-state index is 10.4. The van der Waals surface area contributed by atoms with Crippen LogP contribution < -0.4 is 4.57 Å². The van der Waals surface area contributed by atoms with E-state index in [0.29, 0.717) is 13.2 Å². The molecule has 1 aromatic heterocycles. The number of unbranched alkanes of at least 4 members (excludes halogenated alkanes) is 16. The molecule has 1 aliphatic heterocycles. The molecule has 0 amide bonds. The van der Waals surface area contributed by atoms with Crippen molar-refractivity contribution >= 4 is 21.5 Å². The highest BCUT2D eigenvalue weighted by Gasteiger charge is 2.25. The summed E-state index contributed by atoms with van der Waals surface area (Å²) in [6.07, 6.45) is 27.9. The normalized spacial score (nSPS) is 16.5. The Labute approximate surface area is 278 Å². The molecule has 258 valence electrons. The fraction of sp³-hybridized carbons (Fsp3) is 0.750. The zero-order valence-electron chi connectivity index (χ0n) is 28.2. The summed E-state index contributed by atoms with van der Waals surface area (Å²) in [6, 6.07) is 5.78. The van der Waals surface area contributed by atoms with Crippen molar-refractivity contribution in [2.45, 2.75) is 160 Å². The maximum Gasteiger partial charge on any atom is 0.224 e. The number of rotatable bonds is 25. The SMILES string of the molecule is CCCCCCCCCCCCCCCCCC1OCC(COCCCCC[n+]2ccsc2)O1.Cc1ccc(S(=O)(=O)[O-])cc1. The molecule has 1 saturated heterocycles. The van der Waals surface area contributed by atoms with Crippen LogP contribution in [0, 0.1) is 6.92 Å². The first-order valence-electron chi connectivity index (χ1n) is 17.7. The van der Waals surface area contributed by atoms with Crippen molar-refractivity contribution < 1.29 is 31.7 Å². The van der Waals surface area contributed by atoms with Crippen molar-refractivity contribution in [1.82, 2.24) is 0 Å². The van der Waals surface area contributed by atoms with E-state index in [1.165, 1.54) is 121 Å². The summed E-state index contributed by atoms with van der Waals surface area (Å²) in [4.78, 5) is -0.178. The molecule has 45 heavy (non-hydrogen) atoms. The van der Waals surface area contributed by atoms with Gasteiger partial charge in [0.1, 0.15) is 22.8 Å². The molecule has 0 radical (unpaired) electrons. The average Bonchev–Trinajstić information content (AvgIpc) is 3.71. The number of aryl methyl sites for hydroxylation is 2. The van der Waals surface area contributed by atoms with Crippen LogP contribution in [0.5, 0.6) is 0 Å². The van der Waals surface area contributed by atoms with Crippen LogP contribution in [0.4, 0.5) is 0 Å². The third kappa shape index (κ3) is 21.2. The number of aromatic nitrogens is 1. The number of hydrogen-bond donors (Lipinski definition) is 0. The van der Waals surface area contributed by atoms with E-state index < -0.39 is 10.1 Å². The van der Waals surface area contributed by atoms with Crippen molar-refractivity contribution in [2.75, 3.05) is 19.8 Å². The summed E-state index contributed by atoms with van der Waals surface area (Å²) >= 11 is 1.75. The van der Waals surface area contributed by atoms with Crippen LogP contribution in [0.25, 0.3) is 0 Å². The highest BCUT2D eigenvalue weighted by atomic mass is 32.2. The van der Waals surface area contributed by atoms with Gasteiger partial charge in [0.15, 0.2) is 12.5 Å². The molecule has 3 rings (SSSR count). The first-order chi connectivity index (χ1) is 21.9. The molecule has 0 saturated carbocycles. The van der Waals surface area contributed by atoms with E-state index in [1.807, 2.05) is 6.92 Å². The molecule has 1 aliphatic rings. The number of nitrogens with zero attached hydrogens (tertiary/aromatic N) is 1. The lowest BCUT2D eigenvalue weighted by Gasteiger charge is -2.12. The van der Waals surface area contributed by atoms with Gasteiger partial charge in [0.05, 0.1) is 23.5 Å². The zero-order chi connectivity index (χ0) is 32.4. The first kappa shape index (κ1) is 39.8. The second-order valence-electron chi connectivity index (χ2n) is 12.4. The minimum atomic E-state index is -4.27. The molecule has 2 heterocycles. The van der Waals surface area contributed by atoms with Gasteiger partial charge in [-0.25, -0.2) is 8.42 Å². The number of benzene rings is 1. The van der Waals surface area contributed by atoms with Gasteiger partial charge in [-0.1, -0.05) is 126 Å². The number of ether oxygens (including phenoxy) is 3. The number of thiazole rings is 1. The smallest absolute Gasteiger partial charge is 0.224 e. The minimum Gasteiger partial charge on any atom is -0.744 e. The molecule has 9 heteroatoms. The molecule has 2 unspecified atom stereocenters. The molecule has 7 nitrogen and oxygen atoms in total. The minimum absolute atomic E-state index is 0.00166. The molecule has 0 bridgehead atoms. The molecule has 0 N–H and O–H groups in total. The molecule has 0 spiro atoms. The lowest BCUT2D eigenvalue weighted by molar-refractivity contribution is -0.692. The first-order valence-corrected chi connectivity index (χ1v) is 20.0. The van der Waals surface area contributed by atoms with Gasteiger partial charge in [-0.2, -0.15) is 4.57 Å². The van der Waals surface area contributed by atoms with E-state index in [2.05, 4.69) is 28.6 Å². The van der Waals surface area contributed by atoms with Gasteiger partial charge < -0.3 is 18.8 Å². The Morgan fingerprint density at radius 2 is 1.42 bits per heavy atom. The van der Waals surface area contributed by atoms with E-state index in [1.54, 1.807) is 23.5 Å². The Balaban J connectivity index is 0.000000537. The fourth-order valence-corrected chi connectivity index (χ4v) is 6.51. The third-order valence-corrected chi connectivity index (χ3v) is 9.72. The lowest BCUT2D eigenvalue weighted by Crippen LogP contribution is -2.29. The van der Waals surface area contributed by atoms with E-state index >= 15 is 0 Å². The summed E-state index contributed by atoms with van der Waals surface area (Å²) in [5.74, 6) is 0. The quantitative estimate of drug-likeness (QED) is 0.0596. The van der Waals surface area contributed by atoms with Gasteiger partial charge >= 0.3 is 0 Å². The molecular weight excluding hydrogens is 607 g/mol. The molecule has 1 fully saturated rings. The van der Waals surface area contributed by atoms with Crippen LogP contribution in [0.1, 0.15) is 134 Å². The third-order valence-electron chi connectivity index (χ3n) is 8.20. The van der Waals surface area contributed by atoms with Crippen molar-refractivity contribution in [3.8, 4) is 0 Å². The van der Waals surface area contributed by atoms with Crippen molar-refractivity contribution in [3.63, 3.8) is 0 Å². The molecule has 2 atom stereocenters. The van der Waals surface area contributed by atoms with Gasteiger partial charge in [0, 0.05) is 13.0 Å². The Kier molecular flexibility index (Phi) is 22.7. The summed E-state index contributed by atoms with van der Waals surface area (Å²) in [5, 5.41) is 2.13. The predicted octanol–water partition coefficient (Wildman–Crippen LogP) is 9.12. The van der Waals surface area contributed by atoms with Gasteiger partial charge in [-0.15, -0.1) is 0 Å². The van der Waals surface area contributed by atoms with E-state index in [0.717, 1.165) is 31.6 Å². The highest BCUT2D eigenvalue weighted by molar-refractivity contribution is 7.85. The van der Waals surface area contributed by atoms with Gasteiger partial charge in [-0.3, -0.25) is 0 Å². The molecule has 0 aliphatic carbocycles. The van der Waals surface area contributed by atoms with E-state index in [4.69, 9.17) is 14.2 Å². The fourth-order valence-electron chi connectivity index (χ4n) is 5.41. The summed E-state index contributed by atoms with van der Waals surface area (Å²) in [7, 11) is -4.27. The van der Waals surface area contributed by atoms with Crippen molar-refractivity contribution in [2.24, 2.45) is 0 Å². The van der Waals surface area contributed by atoms with E-state index in [-0.39, 0.29) is 17.3 Å². The predicted molar refractivity (Wildman–Crippen MR) is 182 cm³/mol. The van der Waals surface area contributed by atoms with Gasteiger partial charge in [0.2, 0.25) is 5.51 Å². The zero-order valence-corrected chi connectivity index (χ0v) is 29.8. The van der Waals surface area contributed by atoms with Gasteiger partial charge in [0.25, 0.3) is 0 Å². The van der Waals surface area contributed by atoms with Crippen molar-refractivity contribution in [3.05, 3.63) is 46.9 Å². The van der Waals surface area contributed by atoms with Gasteiger partial charge in [-0.05, 0) is 44.7 Å². The molecule has 1 aromatic carbocycles. The Morgan fingerprint density at radius 1 is 0.844 bits per heavy atom. The topological polar surface area (TPSA) is 88.8 Å². The van der Waals surface area contributed by atoms with Crippen molar-refractivity contribution in [1.29, 1.82) is 0 Å². The monoisotopic (exact) mass is 667 g/mol. The summed E-state index contributed by atoms with van der Waals surface area (Å²) < 4.78 is 51.1. The van der Waals surface area contributed by atoms with Crippen LogP contribution >= 0.6 is 11.3 Å². The average molecular weight is 668 g/mol. The Hall–Kier alpha value is -1.36. The Morgan fingerprint density at radius 3 is 1.98 bits per heavy atom. The largest absolute Gasteiger partial charge is 0.744 e. The Bertz CT molecular complexity index is 1050. The second-order valence-corrected chi connectivity index (χ2v) is 14.6. The summed E-state index contributed by atoms with van der Waals surface area (Å²) in [6.45, 7) is 7.43. The second kappa shape index (κ2) is 25.7. The highest BCUT2D eigenvalue weighted by Crippen LogP contribution is 2.19. The molecular formula is C36H61NO6S2.